The van der Waals surface area contributed by atoms with Gasteiger partial charge < -0.3 is 46.4 Å². The molecule has 8 rings (SSSR count). The van der Waals surface area contributed by atoms with Gasteiger partial charge in [-0.2, -0.15) is 0 Å². The maximum atomic E-state index is 11.6. The molecule has 0 radical (unpaired) electrons. The second-order valence-corrected chi connectivity index (χ2v) is 16.3. The van der Waals surface area contributed by atoms with Crippen molar-refractivity contribution in [2.75, 3.05) is 35.3 Å². The van der Waals surface area contributed by atoms with E-state index in [1.807, 2.05) is 117 Å². The van der Waals surface area contributed by atoms with Crippen molar-refractivity contribution >= 4 is 23.6 Å². The topological polar surface area (TPSA) is 207 Å². The molecule has 0 aromatic heterocycles. The molecule has 0 spiro atoms. The molecule has 0 bridgehead atoms. The highest BCUT2D eigenvalue weighted by Gasteiger charge is 2.11. The summed E-state index contributed by atoms with van der Waals surface area (Å²) in [5, 5.41) is 48.4. The Bertz CT molecular complexity index is 3080. The van der Waals surface area contributed by atoms with Crippen molar-refractivity contribution in [1.29, 1.82) is 0 Å². The fourth-order valence-corrected chi connectivity index (χ4v) is 7.33. The summed E-state index contributed by atoms with van der Waals surface area (Å²) >= 11 is 0. The molecule has 8 aromatic rings. The van der Waals surface area contributed by atoms with E-state index in [9.17, 15) is 39.6 Å². The molecule has 0 aliphatic rings. The fourth-order valence-electron chi connectivity index (χ4n) is 7.33. The first kappa shape index (κ1) is 54.6. The third-order valence-electron chi connectivity index (χ3n) is 11.4. The van der Waals surface area contributed by atoms with Crippen molar-refractivity contribution in [3.05, 3.63) is 209 Å². The van der Waals surface area contributed by atoms with Crippen LogP contribution in [0.4, 0.5) is 0 Å². The Labute approximate surface area is 425 Å². The second-order valence-electron chi connectivity index (χ2n) is 16.3. The van der Waals surface area contributed by atoms with Crippen molar-refractivity contribution in [3.63, 3.8) is 0 Å². The number of phenols is 4. The molecule has 13 heteroatoms. The highest BCUT2D eigenvalue weighted by Crippen LogP contribution is 2.32. The maximum Gasteiger partial charge on any atom is 0.251 e. The van der Waals surface area contributed by atoms with Crippen molar-refractivity contribution < 1.29 is 44.3 Å². The summed E-state index contributed by atoms with van der Waals surface area (Å²) in [7, 11) is 7.93. The molecule has 374 valence electrons. The maximum absolute atomic E-state index is 11.6. The minimum Gasteiger partial charge on any atom is -0.508 e. The number of methoxy groups -OCH3 is 1. The zero-order valence-electron chi connectivity index (χ0n) is 41.8. The smallest absolute Gasteiger partial charge is 0.251 e. The van der Waals surface area contributed by atoms with E-state index in [1.165, 1.54) is 7.11 Å². The highest BCUT2D eigenvalue weighted by atomic mass is 16.5. The summed E-state index contributed by atoms with van der Waals surface area (Å²) in [5.41, 5.74) is 11.8. The Balaban J connectivity index is 0.000000181. The van der Waals surface area contributed by atoms with E-state index in [1.54, 1.807) is 101 Å². The van der Waals surface area contributed by atoms with Gasteiger partial charge >= 0.3 is 0 Å². The van der Waals surface area contributed by atoms with Crippen LogP contribution in [0.1, 0.15) is 59.5 Å². The van der Waals surface area contributed by atoms with Crippen LogP contribution in [-0.2, 0) is 6.42 Å². The summed E-state index contributed by atoms with van der Waals surface area (Å²) in [6.07, 6.45) is 0.773. The van der Waals surface area contributed by atoms with E-state index in [2.05, 4.69) is 21.3 Å². The minimum atomic E-state index is -0.132. The summed E-state index contributed by atoms with van der Waals surface area (Å²) in [5.74, 6) is 0.879. The normalized spacial score (nSPS) is 10.1. The van der Waals surface area contributed by atoms with E-state index in [4.69, 9.17) is 4.74 Å². The van der Waals surface area contributed by atoms with E-state index >= 15 is 0 Å². The predicted molar refractivity (Wildman–Crippen MR) is 288 cm³/mol. The van der Waals surface area contributed by atoms with Gasteiger partial charge in [0.25, 0.3) is 23.6 Å². The van der Waals surface area contributed by atoms with Crippen LogP contribution in [-0.4, -0.2) is 79.4 Å². The van der Waals surface area contributed by atoms with Crippen LogP contribution >= 0.6 is 0 Å². The van der Waals surface area contributed by atoms with E-state index in [-0.39, 0.29) is 40.9 Å². The monoisotopic (exact) mass is 980 g/mol. The summed E-state index contributed by atoms with van der Waals surface area (Å²) < 4.78 is 5.08. The average molecular weight is 981 g/mol. The predicted octanol–water partition coefficient (Wildman–Crippen LogP) is 10.6. The largest absolute Gasteiger partial charge is 0.508 e. The number of rotatable bonds is 10. The lowest BCUT2D eigenvalue weighted by Crippen LogP contribution is -2.17. The second kappa shape index (κ2) is 26.6. The number of aryl methyl sites for hydroxylation is 2. The lowest BCUT2D eigenvalue weighted by molar-refractivity contribution is 0.0955. The van der Waals surface area contributed by atoms with Gasteiger partial charge in [0.15, 0.2) is 11.5 Å². The average Bonchev–Trinajstić information content (AvgIpc) is 3.44. The number of carbonyl (C=O) groups is 4. The Kier molecular flexibility index (Phi) is 19.9. The van der Waals surface area contributed by atoms with E-state index < -0.39 is 0 Å². The lowest BCUT2D eigenvalue weighted by Gasteiger charge is -2.08. The van der Waals surface area contributed by atoms with Crippen LogP contribution in [0.15, 0.2) is 176 Å². The fraction of sp³-hybridized carbons (Fsp3) is 0.133. The lowest BCUT2D eigenvalue weighted by atomic mass is 9.99. The summed E-state index contributed by atoms with van der Waals surface area (Å²) in [6.45, 7) is 3.85. The minimum absolute atomic E-state index is 0.0914. The third kappa shape index (κ3) is 15.1. The Morgan fingerprint density at radius 2 is 0.726 bits per heavy atom. The van der Waals surface area contributed by atoms with Crippen molar-refractivity contribution in [2.24, 2.45) is 0 Å². The number of aromatic hydroxyl groups is 4. The SMILES string of the molecule is CCc1cc(-c2cccc(C(=O)NC)c2)ccc1O.CNC(=O)c1cccc(-c2ccc(O)c(C)c2)c1.CNC(=O)c1cccc(-c2ccc(O)c(OC)c2)c1.CNC(=O)c1cccc(-c2ccc(O)cc2)c1. The van der Waals surface area contributed by atoms with Gasteiger partial charge in [-0.25, -0.2) is 0 Å². The van der Waals surface area contributed by atoms with Gasteiger partial charge in [0.2, 0.25) is 0 Å². The van der Waals surface area contributed by atoms with Crippen molar-refractivity contribution in [2.45, 2.75) is 20.3 Å². The van der Waals surface area contributed by atoms with Gasteiger partial charge in [-0.1, -0.05) is 85.8 Å². The van der Waals surface area contributed by atoms with Gasteiger partial charge in [0.05, 0.1) is 7.11 Å². The molecular weight excluding hydrogens is 921 g/mol. The number of benzene rings is 8. The van der Waals surface area contributed by atoms with Crippen LogP contribution < -0.4 is 26.0 Å². The zero-order valence-corrected chi connectivity index (χ0v) is 41.8. The molecule has 0 saturated heterocycles. The van der Waals surface area contributed by atoms with Crippen molar-refractivity contribution in [3.8, 4) is 73.3 Å². The summed E-state index contributed by atoms with van der Waals surface area (Å²) in [6, 6.07) is 52.4. The molecular formula is C60H60N4O9. The van der Waals surface area contributed by atoms with Gasteiger partial charge in [-0.3, -0.25) is 19.2 Å². The number of amides is 4. The standard InChI is InChI=1S/C16H17NO2.C15H15NO3.C15H15NO2.C14H13NO2/c1-3-11-9-13(7-8-15(11)18)12-5-4-6-14(10-12)16(19)17-2;1-16-15(18)12-5-3-4-10(8-12)11-6-7-13(17)14(9-11)19-2;1-10-8-12(6-7-14(10)17)11-4-3-5-13(9-11)15(18)16-2;1-15-14(17)12-4-2-3-11(9-12)10-5-7-13(16)8-6-10/h4-10,18H,3H2,1-2H3,(H,17,19);3-9,17H,1-2H3,(H,16,18);3-9,17H,1-2H3,(H,16,18);2-9,16H,1H3,(H,15,17). The van der Waals surface area contributed by atoms with Gasteiger partial charge in [-0.15, -0.1) is 0 Å². The number of hydrogen-bond acceptors (Lipinski definition) is 9. The highest BCUT2D eigenvalue weighted by molar-refractivity contribution is 5.97. The van der Waals surface area contributed by atoms with Crippen molar-refractivity contribution in [1.82, 2.24) is 21.3 Å². The molecule has 73 heavy (non-hydrogen) atoms. The Hall–Kier alpha value is -9.36. The van der Waals surface area contributed by atoms with Crippen LogP contribution in [0.25, 0.3) is 44.5 Å². The molecule has 0 fully saturated rings. The molecule has 0 atom stereocenters. The summed E-state index contributed by atoms with van der Waals surface area (Å²) in [4.78, 5) is 46.3. The number of ether oxygens (including phenoxy) is 1. The molecule has 13 nitrogen and oxygen atoms in total. The van der Waals surface area contributed by atoms with Crippen LogP contribution in [0.3, 0.4) is 0 Å². The first-order chi connectivity index (χ1) is 35.1. The molecule has 8 aromatic carbocycles. The molecule has 0 aliphatic carbocycles. The van der Waals surface area contributed by atoms with E-state index in [0.29, 0.717) is 33.8 Å². The first-order valence-corrected chi connectivity index (χ1v) is 23.2. The van der Waals surface area contributed by atoms with Gasteiger partial charge in [0.1, 0.15) is 17.2 Å². The number of hydrogen-bond donors (Lipinski definition) is 8. The van der Waals surface area contributed by atoms with Crippen LogP contribution in [0.5, 0.6) is 28.7 Å². The van der Waals surface area contributed by atoms with Gasteiger partial charge in [-0.05, 0) is 166 Å². The molecule has 4 amide bonds. The number of carbonyl (C=O) groups excluding carboxylic acids is 4. The van der Waals surface area contributed by atoms with Crippen LogP contribution in [0.2, 0.25) is 0 Å². The number of nitrogens with one attached hydrogen (secondary N) is 4. The third-order valence-corrected chi connectivity index (χ3v) is 11.4. The molecule has 0 aliphatic heterocycles. The quantitative estimate of drug-likeness (QED) is 0.0655. The number of phenolic OH excluding ortho intramolecular Hbond substituents is 4. The molecule has 0 unspecified atom stereocenters. The van der Waals surface area contributed by atoms with Gasteiger partial charge in [0, 0.05) is 50.4 Å². The molecule has 0 heterocycles. The zero-order chi connectivity index (χ0) is 53.0. The first-order valence-electron chi connectivity index (χ1n) is 23.2. The van der Waals surface area contributed by atoms with E-state index in [0.717, 1.165) is 62.1 Å². The molecule has 0 saturated carbocycles. The Morgan fingerprint density at radius 1 is 0.397 bits per heavy atom. The molecule has 8 N–H and O–H groups in total. The van der Waals surface area contributed by atoms with Crippen LogP contribution in [0, 0.1) is 6.92 Å². The Morgan fingerprint density at radius 3 is 1.10 bits per heavy atom.